The van der Waals surface area contributed by atoms with Gasteiger partial charge in [-0.1, -0.05) is 35.5 Å². The molecule has 1 N–H and O–H groups in total. The van der Waals surface area contributed by atoms with Gasteiger partial charge in [0, 0.05) is 18.1 Å². The zero-order chi connectivity index (χ0) is 14.1. The Balaban J connectivity index is 1.45. The fourth-order valence-corrected chi connectivity index (χ4v) is 2.78. The van der Waals surface area contributed by atoms with Crippen molar-refractivity contribution >= 4 is 0 Å². The standard InChI is InChI=1S/C17H20N2O2/c1-2-4-14(5-3-1)16-8-15(19-21-16)9-17(11-20-12-17)18-10-13-6-7-13/h1-5,8,13,18H,6-7,9-12H2. The predicted octanol–water partition coefficient (Wildman–Crippen LogP) is 2.65. The summed E-state index contributed by atoms with van der Waals surface area (Å²) in [5.41, 5.74) is 2.13. The molecule has 2 fully saturated rings. The van der Waals surface area contributed by atoms with Crippen molar-refractivity contribution in [3.8, 4) is 11.3 Å². The summed E-state index contributed by atoms with van der Waals surface area (Å²) in [6.45, 7) is 2.65. The smallest absolute Gasteiger partial charge is 0.167 e. The molecule has 1 aromatic carbocycles. The molecular formula is C17H20N2O2. The second kappa shape index (κ2) is 5.28. The van der Waals surface area contributed by atoms with Crippen LogP contribution in [0.1, 0.15) is 18.5 Å². The maximum atomic E-state index is 5.48. The molecule has 0 amide bonds. The van der Waals surface area contributed by atoms with E-state index in [4.69, 9.17) is 9.26 Å². The topological polar surface area (TPSA) is 47.3 Å². The van der Waals surface area contributed by atoms with Crippen molar-refractivity contribution in [1.29, 1.82) is 0 Å². The lowest BCUT2D eigenvalue weighted by Gasteiger charge is -2.42. The molecule has 1 saturated heterocycles. The number of nitrogens with zero attached hydrogens (tertiary/aromatic N) is 1. The Morgan fingerprint density at radius 2 is 2.00 bits per heavy atom. The van der Waals surface area contributed by atoms with Gasteiger partial charge in [0.1, 0.15) is 0 Å². The summed E-state index contributed by atoms with van der Waals surface area (Å²) in [6.07, 6.45) is 3.61. The Labute approximate surface area is 124 Å². The highest BCUT2D eigenvalue weighted by atomic mass is 16.5. The number of benzene rings is 1. The lowest BCUT2D eigenvalue weighted by atomic mass is 9.91. The first-order chi connectivity index (χ1) is 10.3. The Kier molecular flexibility index (Phi) is 3.28. The van der Waals surface area contributed by atoms with Crippen LogP contribution in [0.2, 0.25) is 0 Å². The van der Waals surface area contributed by atoms with Crippen LogP contribution in [0.25, 0.3) is 11.3 Å². The van der Waals surface area contributed by atoms with Crippen molar-refractivity contribution in [1.82, 2.24) is 10.5 Å². The largest absolute Gasteiger partial charge is 0.377 e. The molecule has 4 nitrogen and oxygen atoms in total. The maximum Gasteiger partial charge on any atom is 0.167 e. The van der Waals surface area contributed by atoms with Crippen LogP contribution in [0.3, 0.4) is 0 Å². The molecular weight excluding hydrogens is 264 g/mol. The van der Waals surface area contributed by atoms with Crippen LogP contribution in [-0.2, 0) is 11.2 Å². The summed E-state index contributed by atoms with van der Waals surface area (Å²) < 4.78 is 10.9. The van der Waals surface area contributed by atoms with E-state index in [2.05, 4.69) is 10.5 Å². The van der Waals surface area contributed by atoms with Crippen molar-refractivity contribution < 1.29 is 9.26 Å². The minimum atomic E-state index is 0.0629. The van der Waals surface area contributed by atoms with Gasteiger partial charge < -0.3 is 14.6 Å². The molecule has 0 unspecified atom stereocenters. The molecule has 4 rings (SSSR count). The van der Waals surface area contributed by atoms with E-state index >= 15 is 0 Å². The third-order valence-electron chi connectivity index (χ3n) is 4.36. The van der Waals surface area contributed by atoms with Crippen molar-refractivity contribution in [2.45, 2.75) is 24.8 Å². The Morgan fingerprint density at radius 1 is 1.19 bits per heavy atom. The predicted molar refractivity (Wildman–Crippen MR) is 79.9 cm³/mol. The maximum absolute atomic E-state index is 5.48. The zero-order valence-electron chi connectivity index (χ0n) is 12.0. The van der Waals surface area contributed by atoms with E-state index in [9.17, 15) is 0 Å². The molecule has 1 aliphatic heterocycles. The lowest BCUT2D eigenvalue weighted by molar-refractivity contribution is -0.0748. The van der Waals surface area contributed by atoms with Crippen LogP contribution in [0, 0.1) is 5.92 Å². The van der Waals surface area contributed by atoms with E-state index in [-0.39, 0.29) is 5.54 Å². The number of ether oxygens (including phenoxy) is 1. The van der Waals surface area contributed by atoms with Gasteiger partial charge in [0.05, 0.1) is 24.4 Å². The number of rotatable bonds is 6. The van der Waals surface area contributed by atoms with E-state index in [0.717, 1.165) is 49.1 Å². The highest BCUT2D eigenvalue weighted by Gasteiger charge is 2.40. The Morgan fingerprint density at radius 3 is 2.67 bits per heavy atom. The molecule has 2 heterocycles. The third kappa shape index (κ3) is 2.87. The van der Waals surface area contributed by atoms with Crippen molar-refractivity contribution in [2.75, 3.05) is 19.8 Å². The zero-order valence-corrected chi connectivity index (χ0v) is 12.0. The molecule has 0 radical (unpaired) electrons. The average Bonchev–Trinajstić information content (AvgIpc) is 3.20. The van der Waals surface area contributed by atoms with Crippen LogP contribution < -0.4 is 5.32 Å². The fourth-order valence-electron chi connectivity index (χ4n) is 2.78. The summed E-state index contributed by atoms with van der Waals surface area (Å²) in [5, 5.41) is 7.92. The van der Waals surface area contributed by atoms with E-state index in [1.807, 2.05) is 36.4 Å². The number of aromatic nitrogens is 1. The average molecular weight is 284 g/mol. The monoisotopic (exact) mass is 284 g/mol. The summed E-state index contributed by atoms with van der Waals surface area (Å²) in [5.74, 6) is 1.71. The lowest BCUT2D eigenvalue weighted by Crippen LogP contribution is -2.62. The van der Waals surface area contributed by atoms with Crippen molar-refractivity contribution in [3.05, 3.63) is 42.1 Å². The Bertz CT molecular complexity index is 600. The van der Waals surface area contributed by atoms with Gasteiger partial charge in [-0.3, -0.25) is 0 Å². The highest BCUT2D eigenvalue weighted by Crippen LogP contribution is 2.30. The summed E-state index contributed by atoms with van der Waals surface area (Å²) in [7, 11) is 0. The number of nitrogens with one attached hydrogen (secondary N) is 1. The molecule has 2 aliphatic rings. The van der Waals surface area contributed by atoms with Gasteiger partial charge in [0.25, 0.3) is 0 Å². The molecule has 1 aromatic heterocycles. The molecule has 21 heavy (non-hydrogen) atoms. The van der Waals surface area contributed by atoms with Gasteiger partial charge in [0.2, 0.25) is 0 Å². The molecule has 110 valence electrons. The quantitative estimate of drug-likeness (QED) is 0.886. The summed E-state index contributed by atoms with van der Waals surface area (Å²) in [4.78, 5) is 0. The fraction of sp³-hybridized carbons (Fsp3) is 0.471. The van der Waals surface area contributed by atoms with E-state index in [0.29, 0.717) is 0 Å². The molecule has 0 bridgehead atoms. The highest BCUT2D eigenvalue weighted by molar-refractivity contribution is 5.56. The van der Waals surface area contributed by atoms with Crippen LogP contribution in [0.5, 0.6) is 0 Å². The molecule has 1 saturated carbocycles. The van der Waals surface area contributed by atoms with Crippen molar-refractivity contribution in [2.24, 2.45) is 5.92 Å². The number of hydrogen-bond acceptors (Lipinski definition) is 4. The first-order valence-corrected chi connectivity index (χ1v) is 7.67. The molecule has 1 aliphatic carbocycles. The van der Waals surface area contributed by atoms with Crippen LogP contribution in [0.4, 0.5) is 0 Å². The van der Waals surface area contributed by atoms with Crippen molar-refractivity contribution in [3.63, 3.8) is 0 Å². The van der Waals surface area contributed by atoms with Crippen LogP contribution in [-0.4, -0.2) is 30.5 Å². The van der Waals surface area contributed by atoms with E-state index in [1.165, 1.54) is 12.8 Å². The number of hydrogen-bond donors (Lipinski definition) is 1. The first kappa shape index (κ1) is 13.0. The first-order valence-electron chi connectivity index (χ1n) is 7.67. The summed E-state index contributed by atoms with van der Waals surface area (Å²) in [6, 6.07) is 12.2. The Hall–Kier alpha value is -1.65. The van der Waals surface area contributed by atoms with Gasteiger partial charge in [0.15, 0.2) is 5.76 Å². The SMILES string of the molecule is c1ccc(-c2cc(CC3(NCC4CC4)COC3)no2)cc1. The minimum Gasteiger partial charge on any atom is -0.377 e. The van der Waals surface area contributed by atoms with Gasteiger partial charge in [-0.25, -0.2) is 0 Å². The van der Waals surface area contributed by atoms with E-state index < -0.39 is 0 Å². The normalized spacial score (nSPS) is 20.2. The van der Waals surface area contributed by atoms with Gasteiger partial charge >= 0.3 is 0 Å². The van der Waals surface area contributed by atoms with Crippen LogP contribution in [0.15, 0.2) is 40.9 Å². The second-order valence-electron chi connectivity index (χ2n) is 6.32. The van der Waals surface area contributed by atoms with Gasteiger partial charge in [-0.2, -0.15) is 0 Å². The van der Waals surface area contributed by atoms with E-state index in [1.54, 1.807) is 0 Å². The van der Waals surface area contributed by atoms with Crippen LogP contribution >= 0.6 is 0 Å². The third-order valence-corrected chi connectivity index (χ3v) is 4.36. The molecule has 2 aromatic rings. The molecule has 0 spiro atoms. The molecule has 0 atom stereocenters. The molecule has 4 heteroatoms. The second-order valence-corrected chi connectivity index (χ2v) is 6.32. The minimum absolute atomic E-state index is 0.0629. The van der Waals surface area contributed by atoms with Gasteiger partial charge in [-0.05, 0) is 25.3 Å². The van der Waals surface area contributed by atoms with Gasteiger partial charge in [-0.15, -0.1) is 0 Å². The summed E-state index contributed by atoms with van der Waals surface area (Å²) >= 11 is 0.